The molecule has 22 heavy (non-hydrogen) atoms. The van der Waals surface area contributed by atoms with Crippen LogP contribution in [0.15, 0.2) is 36.4 Å². The van der Waals surface area contributed by atoms with Crippen molar-refractivity contribution in [2.75, 3.05) is 7.11 Å². The number of benzene rings is 1. The first kappa shape index (κ1) is 16.2. The van der Waals surface area contributed by atoms with E-state index in [0.29, 0.717) is 4.88 Å². The zero-order valence-corrected chi connectivity index (χ0v) is 13.1. The van der Waals surface area contributed by atoms with E-state index in [-0.39, 0.29) is 30.2 Å². The fourth-order valence-corrected chi connectivity index (χ4v) is 2.82. The molecule has 1 heterocycles. The highest BCUT2D eigenvalue weighted by atomic mass is 32.1. The van der Waals surface area contributed by atoms with Gasteiger partial charge in [0, 0.05) is 10.9 Å². The average molecular weight is 321 g/mol. The normalized spacial score (nSPS) is 11.8. The van der Waals surface area contributed by atoms with Gasteiger partial charge in [-0.05, 0) is 36.8 Å². The van der Waals surface area contributed by atoms with E-state index in [2.05, 4.69) is 10.1 Å². The van der Waals surface area contributed by atoms with Crippen LogP contribution in [0.25, 0.3) is 10.4 Å². The van der Waals surface area contributed by atoms with Crippen molar-refractivity contribution in [2.24, 2.45) is 0 Å². The summed E-state index contributed by atoms with van der Waals surface area (Å²) in [6.45, 7) is 1.74. The molecular formula is C16H16FNO3S. The lowest BCUT2D eigenvalue weighted by molar-refractivity contribution is -0.141. The summed E-state index contributed by atoms with van der Waals surface area (Å²) in [5.74, 6) is -0.907. The molecule has 1 aromatic heterocycles. The lowest BCUT2D eigenvalue weighted by Crippen LogP contribution is -2.33. The summed E-state index contributed by atoms with van der Waals surface area (Å²) in [5.41, 5.74) is 0.855. The highest BCUT2D eigenvalue weighted by Gasteiger charge is 2.15. The Morgan fingerprint density at radius 3 is 2.55 bits per heavy atom. The molecule has 116 valence electrons. The van der Waals surface area contributed by atoms with Gasteiger partial charge >= 0.3 is 5.97 Å². The Morgan fingerprint density at radius 2 is 1.91 bits per heavy atom. The van der Waals surface area contributed by atoms with E-state index in [1.165, 1.54) is 30.6 Å². The van der Waals surface area contributed by atoms with Gasteiger partial charge in [-0.15, -0.1) is 11.3 Å². The molecule has 0 aliphatic rings. The maximum atomic E-state index is 12.9. The van der Waals surface area contributed by atoms with Crippen molar-refractivity contribution in [2.45, 2.75) is 19.4 Å². The third-order valence-corrected chi connectivity index (χ3v) is 4.17. The molecule has 0 radical (unpaired) electrons. The van der Waals surface area contributed by atoms with Crippen molar-refractivity contribution in [3.05, 3.63) is 47.1 Å². The molecule has 1 unspecified atom stereocenters. The van der Waals surface area contributed by atoms with Crippen LogP contribution in [0.1, 0.15) is 23.0 Å². The molecule has 0 saturated carbocycles. The maximum Gasteiger partial charge on any atom is 0.307 e. The van der Waals surface area contributed by atoms with Gasteiger partial charge in [-0.1, -0.05) is 12.1 Å². The van der Waals surface area contributed by atoms with Crippen LogP contribution < -0.4 is 5.32 Å². The fourth-order valence-electron chi connectivity index (χ4n) is 1.91. The number of carbonyl (C=O) groups excluding carboxylic acids is 2. The standard InChI is InChI=1S/C16H16FNO3S/c1-10(9-15(19)21-2)18-16(20)14-8-7-13(22-14)11-3-5-12(17)6-4-11/h3-8,10H,9H2,1-2H3,(H,18,20). The van der Waals surface area contributed by atoms with Crippen molar-refractivity contribution in [3.8, 4) is 10.4 Å². The zero-order valence-electron chi connectivity index (χ0n) is 12.3. The minimum atomic E-state index is -0.369. The van der Waals surface area contributed by atoms with Crippen molar-refractivity contribution in [3.63, 3.8) is 0 Å². The number of esters is 1. The average Bonchev–Trinajstić information content (AvgIpc) is 2.97. The van der Waals surface area contributed by atoms with Crippen LogP contribution in [0.5, 0.6) is 0 Å². The molecule has 0 aliphatic carbocycles. The lowest BCUT2D eigenvalue weighted by Gasteiger charge is -2.11. The van der Waals surface area contributed by atoms with Crippen molar-refractivity contribution >= 4 is 23.2 Å². The van der Waals surface area contributed by atoms with Crippen molar-refractivity contribution in [1.29, 1.82) is 0 Å². The lowest BCUT2D eigenvalue weighted by atomic mass is 10.2. The van der Waals surface area contributed by atoms with Gasteiger partial charge in [0.05, 0.1) is 18.4 Å². The summed E-state index contributed by atoms with van der Waals surface area (Å²) in [6.07, 6.45) is 0.123. The van der Waals surface area contributed by atoms with Gasteiger partial charge in [0.15, 0.2) is 0 Å². The number of methoxy groups -OCH3 is 1. The van der Waals surface area contributed by atoms with Gasteiger partial charge in [0.25, 0.3) is 5.91 Å². The number of halogens is 1. The number of hydrogen-bond donors (Lipinski definition) is 1. The molecule has 0 saturated heterocycles. The van der Waals surface area contributed by atoms with Crippen LogP contribution in [-0.2, 0) is 9.53 Å². The Morgan fingerprint density at radius 1 is 1.23 bits per heavy atom. The van der Waals surface area contributed by atoms with Crippen LogP contribution in [0, 0.1) is 5.82 Å². The Labute approximate surface area is 131 Å². The molecule has 6 heteroatoms. The number of thiophene rings is 1. The van der Waals surface area contributed by atoms with Gasteiger partial charge in [-0.25, -0.2) is 4.39 Å². The van der Waals surface area contributed by atoms with Crippen LogP contribution in [0.2, 0.25) is 0 Å². The predicted molar refractivity (Wildman–Crippen MR) is 83.3 cm³/mol. The molecule has 2 rings (SSSR count). The highest BCUT2D eigenvalue weighted by molar-refractivity contribution is 7.17. The summed E-state index contributed by atoms with van der Waals surface area (Å²) in [5, 5.41) is 2.75. The molecule has 0 fully saturated rings. The van der Waals surface area contributed by atoms with E-state index in [0.717, 1.165) is 10.4 Å². The molecule has 1 amide bonds. The van der Waals surface area contributed by atoms with Crippen molar-refractivity contribution in [1.82, 2.24) is 5.32 Å². The summed E-state index contributed by atoms with van der Waals surface area (Å²) >= 11 is 1.32. The maximum absolute atomic E-state index is 12.9. The summed E-state index contributed by atoms with van der Waals surface area (Å²) in [4.78, 5) is 24.7. The molecular weight excluding hydrogens is 305 g/mol. The van der Waals surface area contributed by atoms with Gasteiger partial charge in [-0.3, -0.25) is 9.59 Å². The van der Waals surface area contributed by atoms with Crippen LogP contribution in [-0.4, -0.2) is 25.0 Å². The second-order valence-corrected chi connectivity index (χ2v) is 5.91. The largest absolute Gasteiger partial charge is 0.469 e. The van der Waals surface area contributed by atoms with E-state index in [4.69, 9.17) is 0 Å². The molecule has 0 bridgehead atoms. The summed E-state index contributed by atoms with van der Waals surface area (Å²) in [7, 11) is 1.31. The van der Waals surface area contributed by atoms with E-state index in [1.54, 1.807) is 25.1 Å². The molecule has 1 aromatic carbocycles. The van der Waals surface area contributed by atoms with Crippen molar-refractivity contribution < 1.29 is 18.7 Å². The fraction of sp³-hybridized carbons (Fsp3) is 0.250. The Kier molecular flexibility index (Phi) is 5.27. The second-order valence-electron chi connectivity index (χ2n) is 4.83. The summed E-state index contributed by atoms with van der Waals surface area (Å²) < 4.78 is 17.5. The number of nitrogens with one attached hydrogen (secondary N) is 1. The molecule has 0 spiro atoms. The minimum Gasteiger partial charge on any atom is -0.469 e. The smallest absolute Gasteiger partial charge is 0.307 e. The number of amides is 1. The summed E-state index contributed by atoms with van der Waals surface area (Å²) in [6, 6.07) is 9.32. The Balaban J connectivity index is 2.03. The minimum absolute atomic E-state index is 0.123. The first-order valence-corrected chi connectivity index (χ1v) is 7.54. The molecule has 2 aromatic rings. The third kappa shape index (κ3) is 4.14. The third-order valence-electron chi connectivity index (χ3n) is 3.04. The van der Waals surface area contributed by atoms with Gasteiger partial charge in [0.2, 0.25) is 0 Å². The van der Waals surface area contributed by atoms with E-state index in [9.17, 15) is 14.0 Å². The van der Waals surface area contributed by atoms with Gasteiger partial charge in [-0.2, -0.15) is 0 Å². The van der Waals surface area contributed by atoms with Gasteiger partial charge in [0.1, 0.15) is 5.82 Å². The van der Waals surface area contributed by atoms with Gasteiger partial charge < -0.3 is 10.1 Å². The SMILES string of the molecule is COC(=O)CC(C)NC(=O)c1ccc(-c2ccc(F)cc2)s1. The second kappa shape index (κ2) is 7.17. The first-order valence-electron chi connectivity index (χ1n) is 6.73. The Bertz CT molecular complexity index is 666. The van der Waals surface area contributed by atoms with Crippen LogP contribution in [0.4, 0.5) is 4.39 Å². The topological polar surface area (TPSA) is 55.4 Å². The molecule has 4 nitrogen and oxygen atoms in total. The quantitative estimate of drug-likeness (QED) is 0.860. The zero-order chi connectivity index (χ0) is 16.1. The monoisotopic (exact) mass is 321 g/mol. The number of ether oxygens (including phenoxy) is 1. The number of carbonyl (C=O) groups is 2. The molecule has 0 aliphatic heterocycles. The van der Waals surface area contributed by atoms with E-state index < -0.39 is 0 Å². The number of hydrogen-bond acceptors (Lipinski definition) is 4. The highest BCUT2D eigenvalue weighted by Crippen LogP contribution is 2.28. The first-order chi connectivity index (χ1) is 10.5. The van der Waals surface area contributed by atoms with E-state index >= 15 is 0 Å². The predicted octanol–water partition coefficient (Wildman–Crippen LogP) is 3.24. The van der Waals surface area contributed by atoms with Crippen LogP contribution in [0.3, 0.4) is 0 Å². The van der Waals surface area contributed by atoms with E-state index in [1.807, 2.05) is 6.07 Å². The molecule has 1 N–H and O–H groups in total. The molecule has 1 atom stereocenters. The van der Waals surface area contributed by atoms with Crippen LogP contribution >= 0.6 is 11.3 Å². The Hall–Kier alpha value is -2.21. The number of rotatable bonds is 5.